The molecule has 1 fully saturated rings. The van der Waals surface area contributed by atoms with Gasteiger partial charge >= 0.3 is 0 Å². The van der Waals surface area contributed by atoms with E-state index in [2.05, 4.69) is 20.5 Å². The zero-order valence-corrected chi connectivity index (χ0v) is 14.7. The molecule has 0 bridgehead atoms. The molecule has 2 N–H and O–H groups in total. The van der Waals surface area contributed by atoms with Crippen LogP contribution in [0, 0.1) is 13.8 Å². The van der Waals surface area contributed by atoms with Crippen molar-refractivity contribution >= 4 is 11.8 Å². The molecule has 2 aromatic rings. The number of aromatic amines is 1. The summed E-state index contributed by atoms with van der Waals surface area (Å²) >= 11 is 0. The summed E-state index contributed by atoms with van der Waals surface area (Å²) in [4.78, 5) is 30.4. The third-order valence-corrected chi connectivity index (χ3v) is 4.84. The number of hydrogen-bond donors (Lipinski definition) is 2. The minimum atomic E-state index is -0.235. The molecule has 0 spiro atoms. The molecule has 2 atom stereocenters. The number of rotatable bonds is 5. The van der Waals surface area contributed by atoms with Gasteiger partial charge in [0, 0.05) is 38.0 Å². The number of carbonyl (C=O) groups excluding carboxylic acids is 2. The maximum atomic E-state index is 12.4. The quantitative estimate of drug-likeness (QED) is 0.861. The SMILES string of the molecule is Cc1n[nH]c(C)c1CCC(=O)N[C@@H]1CC(=O)N(C)[C@H]1c1cccnc1. The van der Waals surface area contributed by atoms with E-state index in [9.17, 15) is 9.59 Å². The molecule has 1 saturated heterocycles. The van der Waals surface area contributed by atoms with Crippen LogP contribution < -0.4 is 5.32 Å². The standard InChI is InChI=1S/C18H23N5O2/c1-11-14(12(2)22-21-11)6-7-16(24)20-15-9-17(25)23(3)18(15)13-5-4-8-19-10-13/h4-5,8,10,15,18H,6-7,9H2,1-3H3,(H,20,24)(H,21,22)/t15-,18+/m1/s1. The second-order valence-electron chi connectivity index (χ2n) is 6.53. The Morgan fingerprint density at radius 1 is 1.44 bits per heavy atom. The highest BCUT2D eigenvalue weighted by atomic mass is 16.2. The average molecular weight is 341 g/mol. The minimum Gasteiger partial charge on any atom is -0.350 e. The number of carbonyl (C=O) groups is 2. The lowest BCUT2D eigenvalue weighted by Gasteiger charge is -2.25. The lowest BCUT2D eigenvalue weighted by Crippen LogP contribution is -2.39. The van der Waals surface area contributed by atoms with Gasteiger partial charge in [0.05, 0.1) is 17.8 Å². The third-order valence-electron chi connectivity index (χ3n) is 4.84. The van der Waals surface area contributed by atoms with Gasteiger partial charge < -0.3 is 10.2 Å². The molecule has 0 aromatic carbocycles. The predicted octanol–water partition coefficient (Wildman–Crippen LogP) is 1.44. The monoisotopic (exact) mass is 341 g/mol. The Balaban J connectivity index is 1.66. The van der Waals surface area contributed by atoms with Crippen LogP contribution in [0.15, 0.2) is 24.5 Å². The van der Waals surface area contributed by atoms with Gasteiger partial charge in [-0.15, -0.1) is 0 Å². The summed E-state index contributed by atoms with van der Waals surface area (Å²) in [6, 6.07) is 3.36. The summed E-state index contributed by atoms with van der Waals surface area (Å²) < 4.78 is 0. The maximum Gasteiger partial charge on any atom is 0.225 e. The number of nitrogens with zero attached hydrogens (tertiary/aromatic N) is 3. The van der Waals surface area contributed by atoms with Crippen LogP contribution in [0.4, 0.5) is 0 Å². The molecule has 2 aromatic heterocycles. The number of aryl methyl sites for hydroxylation is 2. The van der Waals surface area contributed by atoms with Gasteiger partial charge in [-0.05, 0) is 37.5 Å². The van der Waals surface area contributed by atoms with Crippen LogP contribution in [-0.4, -0.2) is 45.0 Å². The summed E-state index contributed by atoms with van der Waals surface area (Å²) in [5.74, 6) is -0.0253. The van der Waals surface area contributed by atoms with Gasteiger partial charge in [-0.1, -0.05) is 6.07 Å². The van der Waals surface area contributed by atoms with Crippen LogP contribution in [0.25, 0.3) is 0 Å². The van der Waals surface area contributed by atoms with Crippen molar-refractivity contribution in [2.75, 3.05) is 7.05 Å². The van der Waals surface area contributed by atoms with Crippen LogP contribution in [-0.2, 0) is 16.0 Å². The number of nitrogens with one attached hydrogen (secondary N) is 2. The molecule has 7 heteroatoms. The normalized spacial score (nSPS) is 20.1. The summed E-state index contributed by atoms with van der Waals surface area (Å²) in [5.41, 5.74) is 3.94. The van der Waals surface area contributed by atoms with Crippen LogP contribution in [0.5, 0.6) is 0 Å². The van der Waals surface area contributed by atoms with Crippen molar-refractivity contribution < 1.29 is 9.59 Å². The number of likely N-dealkylation sites (tertiary alicyclic amines) is 1. The van der Waals surface area contributed by atoms with Crippen LogP contribution in [0.1, 0.15) is 41.4 Å². The first-order chi connectivity index (χ1) is 12.0. The Morgan fingerprint density at radius 3 is 2.88 bits per heavy atom. The first-order valence-electron chi connectivity index (χ1n) is 8.42. The first kappa shape index (κ1) is 17.1. The van der Waals surface area contributed by atoms with Crippen LogP contribution in [0.3, 0.4) is 0 Å². The van der Waals surface area contributed by atoms with Gasteiger partial charge in [0.2, 0.25) is 11.8 Å². The highest BCUT2D eigenvalue weighted by molar-refractivity contribution is 5.83. The minimum absolute atomic E-state index is 0.0284. The fourth-order valence-corrected chi connectivity index (χ4v) is 3.47. The van der Waals surface area contributed by atoms with Crippen molar-refractivity contribution in [3.63, 3.8) is 0 Å². The molecule has 0 unspecified atom stereocenters. The van der Waals surface area contributed by atoms with Gasteiger partial charge in [0.1, 0.15) is 0 Å². The molecule has 3 rings (SSSR count). The summed E-state index contributed by atoms with van der Waals surface area (Å²) in [6.45, 7) is 3.88. The topological polar surface area (TPSA) is 91.0 Å². The van der Waals surface area contributed by atoms with Gasteiger partial charge in [-0.25, -0.2) is 0 Å². The lowest BCUT2D eigenvalue weighted by molar-refractivity contribution is -0.127. The van der Waals surface area contributed by atoms with E-state index in [0.29, 0.717) is 19.3 Å². The van der Waals surface area contributed by atoms with Crippen molar-refractivity contribution in [2.24, 2.45) is 0 Å². The Kier molecular flexibility index (Phi) is 4.83. The second kappa shape index (κ2) is 7.04. The average Bonchev–Trinajstić information content (AvgIpc) is 3.06. The number of H-pyrrole nitrogens is 1. The van der Waals surface area contributed by atoms with Crippen molar-refractivity contribution in [1.29, 1.82) is 0 Å². The predicted molar refractivity (Wildman–Crippen MR) is 92.7 cm³/mol. The Morgan fingerprint density at radius 2 is 2.24 bits per heavy atom. The highest BCUT2D eigenvalue weighted by Crippen LogP contribution is 2.31. The molecule has 1 aliphatic rings. The number of pyridine rings is 1. The summed E-state index contributed by atoms with van der Waals surface area (Å²) in [7, 11) is 1.77. The van der Waals surface area contributed by atoms with Crippen molar-refractivity contribution in [3.8, 4) is 0 Å². The Labute approximate surface area is 146 Å². The first-order valence-corrected chi connectivity index (χ1v) is 8.42. The number of aromatic nitrogens is 3. The zero-order chi connectivity index (χ0) is 18.0. The summed E-state index contributed by atoms with van der Waals surface area (Å²) in [6.07, 6.45) is 4.76. The van der Waals surface area contributed by atoms with E-state index in [1.807, 2.05) is 26.0 Å². The number of likely N-dealkylation sites (N-methyl/N-ethyl adjacent to an activating group) is 1. The fraction of sp³-hybridized carbons (Fsp3) is 0.444. The van der Waals surface area contributed by atoms with E-state index in [-0.39, 0.29) is 23.9 Å². The summed E-state index contributed by atoms with van der Waals surface area (Å²) in [5, 5.41) is 10.1. The third kappa shape index (κ3) is 3.55. The molecular weight excluding hydrogens is 318 g/mol. The van der Waals surface area contributed by atoms with E-state index in [0.717, 1.165) is 22.5 Å². The molecule has 7 nitrogen and oxygen atoms in total. The molecule has 1 aliphatic heterocycles. The molecule has 0 radical (unpaired) electrons. The Bertz CT molecular complexity index is 752. The van der Waals surface area contributed by atoms with E-state index in [1.165, 1.54) is 0 Å². The number of amides is 2. The molecule has 0 aliphatic carbocycles. The van der Waals surface area contributed by atoms with E-state index in [1.54, 1.807) is 24.3 Å². The largest absolute Gasteiger partial charge is 0.350 e. The highest BCUT2D eigenvalue weighted by Gasteiger charge is 2.39. The molecule has 25 heavy (non-hydrogen) atoms. The molecule has 132 valence electrons. The van der Waals surface area contributed by atoms with Gasteiger partial charge in [0.25, 0.3) is 0 Å². The molecule has 3 heterocycles. The molecular formula is C18H23N5O2. The fourth-order valence-electron chi connectivity index (χ4n) is 3.47. The Hall–Kier alpha value is -2.70. The second-order valence-corrected chi connectivity index (χ2v) is 6.53. The number of hydrogen-bond acceptors (Lipinski definition) is 4. The molecule has 0 saturated carbocycles. The van der Waals surface area contributed by atoms with Crippen molar-refractivity contribution in [2.45, 2.75) is 45.2 Å². The van der Waals surface area contributed by atoms with Crippen molar-refractivity contribution in [3.05, 3.63) is 47.0 Å². The van der Waals surface area contributed by atoms with Crippen molar-refractivity contribution in [1.82, 2.24) is 25.4 Å². The van der Waals surface area contributed by atoms with Crippen LogP contribution in [0.2, 0.25) is 0 Å². The molecule has 2 amide bonds. The zero-order valence-electron chi connectivity index (χ0n) is 14.7. The lowest BCUT2D eigenvalue weighted by atomic mass is 10.0. The van der Waals surface area contributed by atoms with E-state index in [4.69, 9.17) is 0 Å². The maximum absolute atomic E-state index is 12.4. The van der Waals surface area contributed by atoms with E-state index < -0.39 is 0 Å². The van der Waals surface area contributed by atoms with Gasteiger partial charge in [-0.2, -0.15) is 5.10 Å². The van der Waals surface area contributed by atoms with E-state index >= 15 is 0 Å². The smallest absolute Gasteiger partial charge is 0.225 e. The van der Waals surface area contributed by atoms with Crippen LogP contribution >= 0.6 is 0 Å². The van der Waals surface area contributed by atoms with Gasteiger partial charge in [0.15, 0.2) is 0 Å². The van der Waals surface area contributed by atoms with Gasteiger partial charge in [-0.3, -0.25) is 19.7 Å².